The van der Waals surface area contributed by atoms with E-state index in [1.807, 2.05) is 0 Å². The molecule has 0 saturated heterocycles. The molecule has 6 heteroatoms. The van der Waals surface area contributed by atoms with Gasteiger partial charge in [-0.05, 0) is 11.8 Å². The topological polar surface area (TPSA) is 74.6 Å². The molecular weight excluding hydrogens is 276 g/mol. The summed E-state index contributed by atoms with van der Waals surface area (Å²) in [6.45, 7) is 0. The van der Waals surface area contributed by atoms with Gasteiger partial charge in [-0.1, -0.05) is 18.2 Å². The normalized spacial score (nSPS) is 12.2. The summed E-state index contributed by atoms with van der Waals surface area (Å²) in [4.78, 5) is 22.8. The van der Waals surface area contributed by atoms with E-state index in [2.05, 4.69) is 0 Å². The van der Waals surface area contributed by atoms with Crippen LogP contribution in [0.3, 0.4) is 0 Å². The molecule has 1 aromatic carbocycles. The summed E-state index contributed by atoms with van der Waals surface area (Å²) in [7, 11) is 0. The van der Waals surface area contributed by atoms with Gasteiger partial charge >= 0.3 is 5.97 Å². The van der Waals surface area contributed by atoms with E-state index in [1.165, 1.54) is 11.8 Å². The highest BCUT2D eigenvalue weighted by Gasteiger charge is 2.21. The molecule has 0 aliphatic rings. The molecule has 18 heavy (non-hydrogen) atoms. The number of benzene rings is 1. The first-order valence-corrected chi connectivity index (χ1v) is 6.91. The fraction of sp³-hybridized carbons (Fsp3) is 0.333. The molecule has 0 heterocycles. The second-order valence-corrected chi connectivity index (χ2v) is 4.71. The number of alkyl halides is 1. The van der Waals surface area contributed by atoms with Crippen LogP contribution < -0.4 is 0 Å². The number of aliphatic hydroxyl groups is 1. The molecule has 1 aromatic rings. The molecule has 0 radical (unpaired) electrons. The fourth-order valence-corrected chi connectivity index (χ4v) is 2.51. The first-order valence-electron chi connectivity index (χ1n) is 5.15. The lowest BCUT2D eigenvalue weighted by atomic mass is 10.0. The molecule has 1 atom stereocenters. The number of carbonyl (C=O) groups is 2. The van der Waals surface area contributed by atoms with E-state index < -0.39 is 12.1 Å². The van der Waals surface area contributed by atoms with Crippen molar-refractivity contribution in [2.24, 2.45) is 0 Å². The summed E-state index contributed by atoms with van der Waals surface area (Å²) in [5.74, 6) is -1.54. The van der Waals surface area contributed by atoms with Crippen LogP contribution in [0.4, 0.5) is 0 Å². The third kappa shape index (κ3) is 3.48. The van der Waals surface area contributed by atoms with E-state index in [4.69, 9.17) is 16.7 Å². The molecule has 2 N–H and O–H groups in total. The Morgan fingerprint density at radius 3 is 2.61 bits per heavy atom. The number of ketones is 1. The number of aliphatic hydroxyl groups excluding tert-OH is 1. The summed E-state index contributed by atoms with van der Waals surface area (Å²) in [6.07, 6.45) is 0.320. The molecular formula is C12H13ClO4S. The predicted molar refractivity (Wildman–Crippen MR) is 70.2 cm³/mol. The minimum atomic E-state index is -1.58. The van der Waals surface area contributed by atoms with Gasteiger partial charge in [-0.2, -0.15) is 0 Å². The van der Waals surface area contributed by atoms with Crippen LogP contribution in [0.15, 0.2) is 23.1 Å². The van der Waals surface area contributed by atoms with Crippen LogP contribution in [0.5, 0.6) is 0 Å². The van der Waals surface area contributed by atoms with Gasteiger partial charge in [0.1, 0.15) is 0 Å². The molecule has 98 valence electrons. The van der Waals surface area contributed by atoms with E-state index >= 15 is 0 Å². The first-order chi connectivity index (χ1) is 8.51. The molecule has 0 amide bonds. The van der Waals surface area contributed by atoms with Gasteiger partial charge in [0.25, 0.3) is 0 Å². The number of hydrogen-bond donors (Lipinski definition) is 2. The Balaban J connectivity index is 3.17. The predicted octanol–water partition coefficient (Wildman–Crippen LogP) is 1.88. The minimum absolute atomic E-state index is 0.0838. The molecule has 0 spiro atoms. The number of hydrogen-bond acceptors (Lipinski definition) is 4. The van der Waals surface area contributed by atoms with Gasteiger partial charge in [-0.25, -0.2) is 4.79 Å². The van der Waals surface area contributed by atoms with Crippen molar-refractivity contribution in [2.75, 3.05) is 12.1 Å². The van der Waals surface area contributed by atoms with Crippen LogP contribution in [0.25, 0.3) is 0 Å². The number of carboxylic acid groups (broad SMARTS) is 1. The third-order valence-corrected chi connectivity index (χ3v) is 3.60. The maximum absolute atomic E-state index is 11.3. The highest BCUT2D eigenvalue weighted by molar-refractivity contribution is 7.98. The summed E-state index contributed by atoms with van der Waals surface area (Å²) in [5.41, 5.74) is 0.987. The standard InChI is InChI=1S/C12H13ClO4S/c1-18-11-7(5-8(14)6-13)3-2-4-9(11)10(15)12(16)17/h2-4,10,15H,5-6H2,1H3,(H,16,17). The average Bonchev–Trinajstić information content (AvgIpc) is 2.37. The Labute approximate surface area is 114 Å². The van der Waals surface area contributed by atoms with E-state index in [0.717, 1.165) is 0 Å². The van der Waals surface area contributed by atoms with Gasteiger partial charge in [0.2, 0.25) is 0 Å². The van der Waals surface area contributed by atoms with Gasteiger partial charge in [0.15, 0.2) is 11.9 Å². The molecule has 0 saturated carbocycles. The second-order valence-electron chi connectivity index (χ2n) is 3.63. The SMILES string of the molecule is CSc1c(CC(=O)CCl)cccc1C(O)C(=O)O. The largest absolute Gasteiger partial charge is 0.479 e. The van der Waals surface area contributed by atoms with E-state index in [1.54, 1.807) is 24.5 Å². The Morgan fingerprint density at radius 2 is 2.11 bits per heavy atom. The zero-order chi connectivity index (χ0) is 13.7. The van der Waals surface area contributed by atoms with Crippen LogP contribution >= 0.6 is 23.4 Å². The smallest absolute Gasteiger partial charge is 0.337 e. The fourth-order valence-electron chi connectivity index (χ4n) is 1.60. The van der Waals surface area contributed by atoms with Crippen molar-refractivity contribution in [3.63, 3.8) is 0 Å². The first kappa shape index (κ1) is 15.0. The Hall–Kier alpha value is -1.04. The zero-order valence-corrected chi connectivity index (χ0v) is 11.3. The van der Waals surface area contributed by atoms with Crippen molar-refractivity contribution in [2.45, 2.75) is 17.4 Å². The molecule has 0 aliphatic carbocycles. The lowest BCUT2D eigenvalue weighted by Gasteiger charge is -2.14. The second kappa shape index (κ2) is 6.78. The number of aliphatic carboxylic acids is 1. The van der Waals surface area contributed by atoms with Crippen molar-refractivity contribution < 1.29 is 19.8 Å². The number of halogens is 1. The average molecular weight is 289 g/mol. The van der Waals surface area contributed by atoms with Crippen LogP contribution in [0, 0.1) is 0 Å². The summed E-state index contributed by atoms with van der Waals surface area (Å²) < 4.78 is 0. The van der Waals surface area contributed by atoms with Gasteiger partial charge in [0, 0.05) is 16.9 Å². The van der Waals surface area contributed by atoms with Crippen LogP contribution in [-0.2, 0) is 16.0 Å². The summed E-state index contributed by atoms with van der Waals surface area (Å²) >= 11 is 6.75. The Bertz CT molecular complexity index is 461. The van der Waals surface area contributed by atoms with E-state index in [0.29, 0.717) is 16.0 Å². The highest BCUT2D eigenvalue weighted by atomic mass is 35.5. The number of rotatable bonds is 6. The summed E-state index contributed by atoms with van der Waals surface area (Å²) in [5, 5.41) is 18.4. The van der Waals surface area contributed by atoms with Gasteiger partial charge in [0.05, 0.1) is 5.88 Å². The van der Waals surface area contributed by atoms with E-state index in [-0.39, 0.29) is 18.1 Å². The summed E-state index contributed by atoms with van der Waals surface area (Å²) in [6, 6.07) is 4.89. The molecule has 4 nitrogen and oxygen atoms in total. The van der Waals surface area contributed by atoms with Crippen LogP contribution in [-0.4, -0.2) is 34.1 Å². The molecule has 0 fully saturated rings. The maximum Gasteiger partial charge on any atom is 0.337 e. The van der Waals surface area contributed by atoms with Crippen molar-refractivity contribution >= 4 is 35.1 Å². The molecule has 0 aliphatic heterocycles. The third-order valence-electron chi connectivity index (χ3n) is 2.40. The van der Waals surface area contributed by atoms with Crippen molar-refractivity contribution in [1.82, 2.24) is 0 Å². The number of thioether (sulfide) groups is 1. The Kier molecular flexibility index (Phi) is 5.65. The molecule has 1 rings (SSSR count). The molecule has 0 bridgehead atoms. The monoisotopic (exact) mass is 288 g/mol. The number of Topliss-reactive ketones (excluding diaryl/α,β-unsaturated/α-hetero) is 1. The zero-order valence-electron chi connectivity index (χ0n) is 9.72. The lowest BCUT2D eigenvalue weighted by Crippen LogP contribution is -2.13. The number of carbonyl (C=O) groups excluding carboxylic acids is 1. The van der Waals surface area contributed by atoms with E-state index in [9.17, 15) is 14.7 Å². The highest BCUT2D eigenvalue weighted by Crippen LogP contribution is 2.30. The molecule has 1 unspecified atom stereocenters. The van der Waals surface area contributed by atoms with Gasteiger partial charge in [-0.3, -0.25) is 4.79 Å². The van der Waals surface area contributed by atoms with Crippen LogP contribution in [0.1, 0.15) is 17.2 Å². The van der Waals surface area contributed by atoms with Gasteiger partial charge < -0.3 is 10.2 Å². The van der Waals surface area contributed by atoms with Crippen LogP contribution in [0.2, 0.25) is 0 Å². The van der Waals surface area contributed by atoms with Crippen molar-refractivity contribution in [1.29, 1.82) is 0 Å². The minimum Gasteiger partial charge on any atom is -0.479 e. The molecule has 0 aromatic heterocycles. The quantitative estimate of drug-likeness (QED) is 0.617. The lowest BCUT2D eigenvalue weighted by molar-refractivity contribution is -0.147. The number of carboxylic acids is 1. The van der Waals surface area contributed by atoms with Gasteiger partial charge in [-0.15, -0.1) is 23.4 Å². The van der Waals surface area contributed by atoms with Crippen molar-refractivity contribution in [3.8, 4) is 0 Å². The Morgan fingerprint density at radius 1 is 1.44 bits per heavy atom. The maximum atomic E-state index is 11.3. The van der Waals surface area contributed by atoms with Crippen molar-refractivity contribution in [3.05, 3.63) is 29.3 Å².